The Morgan fingerprint density at radius 2 is 1.90 bits per heavy atom. The van der Waals surface area contributed by atoms with Gasteiger partial charge < -0.3 is 14.8 Å². The molecule has 2 aromatic carbocycles. The van der Waals surface area contributed by atoms with Crippen molar-refractivity contribution in [2.45, 2.75) is 58.1 Å². The fraction of sp³-hybridized carbons (Fsp3) is 0.417. The minimum Gasteiger partial charge on any atom is -0.494 e. The second kappa shape index (κ2) is 10.1. The number of fused-ring (bicyclic) bond motifs is 1. The van der Waals surface area contributed by atoms with Gasteiger partial charge in [-0.1, -0.05) is 37.6 Å². The first kappa shape index (κ1) is 20.9. The summed E-state index contributed by atoms with van der Waals surface area (Å²) in [6, 6.07) is 14.9. The lowest BCUT2D eigenvalue weighted by atomic mass is 9.87. The SMILES string of the molecule is CCCCOc1ccc(C(=O)O[C@H](C)C(=O)N[C@H]2CCCc3ccccc32)cc1. The fourth-order valence-corrected chi connectivity index (χ4v) is 3.50. The molecular formula is C24H29NO4. The zero-order valence-corrected chi connectivity index (χ0v) is 17.1. The van der Waals surface area contributed by atoms with Gasteiger partial charge >= 0.3 is 5.97 Å². The largest absolute Gasteiger partial charge is 0.494 e. The van der Waals surface area contributed by atoms with Crippen molar-refractivity contribution in [3.05, 3.63) is 65.2 Å². The van der Waals surface area contributed by atoms with E-state index in [0.29, 0.717) is 12.2 Å². The predicted molar refractivity (Wildman–Crippen MR) is 112 cm³/mol. The second-order valence-electron chi connectivity index (χ2n) is 7.43. The van der Waals surface area contributed by atoms with Crippen LogP contribution in [0.5, 0.6) is 5.75 Å². The minimum absolute atomic E-state index is 0.0341. The summed E-state index contributed by atoms with van der Waals surface area (Å²) < 4.78 is 11.0. The zero-order chi connectivity index (χ0) is 20.6. The molecule has 1 N–H and O–H groups in total. The first-order chi connectivity index (χ1) is 14.1. The minimum atomic E-state index is -0.864. The van der Waals surface area contributed by atoms with Gasteiger partial charge in [-0.05, 0) is 68.0 Å². The van der Waals surface area contributed by atoms with Gasteiger partial charge in [-0.2, -0.15) is 0 Å². The van der Waals surface area contributed by atoms with Crippen molar-refractivity contribution in [2.24, 2.45) is 0 Å². The molecule has 0 saturated carbocycles. The van der Waals surface area contributed by atoms with Crippen LogP contribution in [0.15, 0.2) is 48.5 Å². The van der Waals surface area contributed by atoms with Crippen LogP contribution >= 0.6 is 0 Å². The topological polar surface area (TPSA) is 64.6 Å². The number of amides is 1. The summed E-state index contributed by atoms with van der Waals surface area (Å²) in [5.41, 5.74) is 2.83. The lowest BCUT2D eigenvalue weighted by Gasteiger charge is -2.27. The van der Waals surface area contributed by atoms with Gasteiger partial charge in [-0.25, -0.2) is 4.79 Å². The summed E-state index contributed by atoms with van der Waals surface area (Å²) >= 11 is 0. The van der Waals surface area contributed by atoms with E-state index < -0.39 is 12.1 Å². The van der Waals surface area contributed by atoms with E-state index in [-0.39, 0.29) is 11.9 Å². The molecule has 0 unspecified atom stereocenters. The maximum absolute atomic E-state index is 12.6. The van der Waals surface area contributed by atoms with Gasteiger partial charge in [0.05, 0.1) is 18.2 Å². The predicted octanol–water partition coefficient (Wildman–Crippen LogP) is 4.60. The number of unbranched alkanes of at least 4 members (excludes halogenated alkanes) is 1. The van der Waals surface area contributed by atoms with E-state index in [1.165, 1.54) is 5.56 Å². The van der Waals surface area contributed by atoms with Crippen LogP contribution in [0.3, 0.4) is 0 Å². The van der Waals surface area contributed by atoms with Crippen LogP contribution in [-0.4, -0.2) is 24.6 Å². The molecule has 2 atom stereocenters. The maximum atomic E-state index is 12.6. The number of hydrogen-bond acceptors (Lipinski definition) is 4. The Kier molecular flexibility index (Phi) is 7.28. The first-order valence-electron chi connectivity index (χ1n) is 10.4. The van der Waals surface area contributed by atoms with Gasteiger partial charge in [0.2, 0.25) is 0 Å². The molecule has 0 aromatic heterocycles. The highest BCUT2D eigenvalue weighted by Gasteiger charge is 2.25. The number of nitrogens with one attached hydrogen (secondary N) is 1. The van der Waals surface area contributed by atoms with Crippen LogP contribution in [0, 0.1) is 0 Å². The molecule has 0 radical (unpaired) electrons. The van der Waals surface area contributed by atoms with Gasteiger partial charge in [0.25, 0.3) is 5.91 Å². The summed E-state index contributed by atoms with van der Waals surface area (Å²) in [5, 5.41) is 3.03. The summed E-state index contributed by atoms with van der Waals surface area (Å²) in [4.78, 5) is 25.0. The van der Waals surface area contributed by atoms with E-state index in [0.717, 1.165) is 43.4 Å². The number of benzene rings is 2. The Bertz CT molecular complexity index is 831. The molecule has 3 rings (SSSR count). The van der Waals surface area contributed by atoms with Crippen molar-refractivity contribution in [1.82, 2.24) is 5.32 Å². The van der Waals surface area contributed by atoms with Crippen LogP contribution < -0.4 is 10.1 Å². The summed E-state index contributed by atoms with van der Waals surface area (Å²) in [6.45, 7) is 4.36. The molecule has 0 spiro atoms. The number of carbonyl (C=O) groups excluding carboxylic acids is 2. The summed E-state index contributed by atoms with van der Waals surface area (Å²) in [7, 11) is 0. The molecule has 5 heteroatoms. The van der Waals surface area contributed by atoms with Crippen LogP contribution in [0.25, 0.3) is 0 Å². The van der Waals surface area contributed by atoms with Gasteiger partial charge in [-0.15, -0.1) is 0 Å². The number of rotatable bonds is 8. The van der Waals surface area contributed by atoms with E-state index in [2.05, 4.69) is 24.4 Å². The maximum Gasteiger partial charge on any atom is 0.338 e. The average Bonchev–Trinajstić information content (AvgIpc) is 2.74. The highest BCUT2D eigenvalue weighted by Crippen LogP contribution is 2.29. The molecule has 0 saturated heterocycles. The Hall–Kier alpha value is -2.82. The van der Waals surface area contributed by atoms with E-state index in [1.807, 2.05) is 12.1 Å². The first-order valence-corrected chi connectivity index (χ1v) is 10.4. The van der Waals surface area contributed by atoms with Gasteiger partial charge in [0.15, 0.2) is 6.10 Å². The average molecular weight is 395 g/mol. The van der Waals surface area contributed by atoms with Gasteiger partial charge in [-0.3, -0.25) is 4.79 Å². The quantitative estimate of drug-likeness (QED) is 0.524. The Balaban J connectivity index is 1.54. The molecule has 5 nitrogen and oxygen atoms in total. The highest BCUT2D eigenvalue weighted by atomic mass is 16.5. The van der Waals surface area contributed by atoms with Crippen LogP contribution in [0.2, 0.25) is 0 Å². The highest BCUT2D eigenvalue weighted by molar-refractivity contribution is 5.92. The van der Waals surface area contributed by atoms with Crippen molar-refractivity contribution < 1.29 is 19.1 Å². The molecule has 0 heterocycles. The third-order valence-corrected chi connectivity index (χ3v) is 5.20. The lowest BCUT2D eigenvalue weighted by Crippen LogP contribution is -2.39. The monoisotopic (exact) mass is 395 g/mol. The van der Waals surface area contributed by atoms with Crippen molar-refractivity contribution >= 4 is 11.9 Å². The van der Waals surface area contributed by atoms with Crippen molar-refractivity contribution in [3.8, 4) is 5.75 Å². The van der Waals surface area contributed by atoms with Gasteiger partial charge in [0, 0.05) is 0 Å². The molecule has 0 aliphatic heterocycles. The number of ether oxygens (including phenoxy) is 2. The van der Waals surface area contributed by atoms with Crippen LogP contribution in [-0.2, 0) is 16.0 Å². The van der Waals surface area contributed by atoms with Gasteiger partial charge in [0.1, 0.15) is 5.75 Å². The van der Waals surface area contributed by atoms with E-state index >= 15 is 0 Å². The van der Waals surface area contributed by atoms with E-state index in [1.54, 1.807) is 31.2 Å². The third kappa shape index (κ3) is 5.59. The fourth-order valence-electron chi connectivity index (χ4n) is 3.50. The number of aryl methyl sites for hydroxylation is 1. The van der Waals surface area contributed by atoms with E-state index in [9.17, 15) is 9.59 Å². The summed E-state index contributed by atoms with van der Waals surface area (Å²) in [6.07, 6.45) is 4.15. The number of carbonyl (C=O) groups is 2. The standard InChI is InChI=1S/C24H29NO4/c1-3-4-16-28-20-14-12-19(13-15-20)24(27)29-17(2)23(26)25-22-11-7-9-18-8-5-6-10-21(18)22/h5-6,8,10,12-15,17,22H,3-4,7,9,11,16H2,1-2H3,(H,25,26)/t17-,22+/m1/s1. The smallest absolute Gasteiger partial charge is 0.338 e. The van der Waals surface area contributed by atoms with E-state index in [4.69, 9.17) is 9.47 Å². The molecule has 0 bridgehead atoms. The van der Waals surface area contributed by atoms with Crippen LogP contribution in [0.4, 0.5) is 0 Å². The second-order valence-corrected chi connectivity index (χ2v) is 7.43. The van der Waals surface area contributed by atoms with Crippen molar-refractivity contribution in [2.75, 3.05) is 6.61 Å². The molecule has 0 fully saturated rings. The molecule has 2 aromatic rings. The molecule has 29 heavy (non-hydrogen) atoms. The lowest BCUT2D eigenvalue weighted by molar-refractivity contribution is -0.130. The zero-order valence-electron chi connectivity index (χ0n) is 17.1. The van der Waals surface area contributed by atoms with Crippen LogP contribution in [0.1, 0.15) is 67.1 Å². The summed E-state index contributed by atoms with van der Waals surface area (Å²) in [5.74, 6) is -0.0758. The Labute approximate surface area is 172 Å². The molecule has 1 aliphatic rings. The molecule has 1 aliphatic carbocycles. The number of hydrogen-bond donors (Lipinski definition) is 1. The molecule has 1 amide bonds. The molecule has 154 valence electrons. The Morgan fingerprint density at radius 1 is 1.14 bits per heavy atom. The third-order valence-electron chi connectivity index (χ3n) is 5.20. The van der Waals surface area contributed by atoms with Crippen molar-refractivity contribution in [1.29, 1.82) is 0 Å². The number of esters is 1. The molecular weight excluding hydrogens is 366 g/mol. The Morgan fingerprint density at radius 3 is 2.66 bits per heavy atom. The normalized spacial score (nSPS) is 16.4. The van der Waals surface area contributed by atoms with Crippen molar-refractivity contribution in [3.63, 3.8) is 0 Å².